The van der Waals surface area contributed by atoms with Gasteiger partial charge in [-0.15, -0.1) is 0 Å². The van der Waals surface area contributed by atoms with Gasteiger partial charge < -0.3 is 0 Å². The molecule has 0 saturated heterocycles. The van der Waals surface area contributed by atoms with Crippen LogP contribution in [0.3, 0.4) is 0 Å². The van der Waals surface area contributed by atoms with Crippen LogP contribution in [0.15, 0.2) is 89.1 Å². The smallest absolute Gasteiger partial charge is 0.0804 e. The van der Waals surface area contributed by atoms with E-state index in [1.165, 1.54) is 27.8 Å². The van der Waals surface area contributed by atoms with Crippen LogP contribution in [-0.2, 0) is 6.42 Å². The molecule has 3 aromatic rings. The number of benzene rings is 3. The Morgan fingerprint density at radius 3 is 1.67 bits per heavy atom. The highest BCUT2D eigenvalue weighted by molar-refractivity contribution is 6.91. The van der Waals surface area contributed by atoms with Crippen LogP contribution in [0.4, 0.5) is 0 Å². The van der Waals surface area contributed by atoms with E-state index in [1.54, 1.807) is 26.7 Å². The number of aryl methyl sites for hydroxylation is 4. The highest BCUT2D eigenvalue weighted by atomic mass is 28.3. The fraction of sp³-hybridized carbons (Fsp3) is 0.241. The molecule has 0 spiro atoms. The zero-order chi connectivity index (χ0) is 21.3. The molecule has 0 unspecified atom stereocenters. The third kappa shape index (κ3) is 4.42. The first-order chi connectivity index (χ1) is 14.4. The van der Waals surface area contributed by atoms with Gasteiger partial charge in [-0.2, -0.15) is 0 Å². The third-order valence-corrected chi connectivity index (χ3v) is 9.39. The fourth-order valence-electron chi connectivity index (χ4n) is 5.01. The molecule has 0 heterocycles. The first kappa shape index (κ1) is 20.6. The zero-order valence-electron chi connectivity index (χ0n) is 18.9. The van der Waals surface area contributed by atoms with E-state index in [4.69, 9.17) is 0 Å². The minimum Gasteiger partial charge on any atom is -0.0804 e. The van der Waals surface area contributed by atoms with Gasteiger partial charge in [0, 0.05) is 0 Å². The van der Waals surface area contributed by atoms with Crippen molar-refractivity contribution in [2.24, 2.45) is 0 Å². The van der Waals surface area contributed by atoms with Crippen molar-refractivity contribution < 1.29 is 0 Å². The molecule has 0 aliphatic heterocycles. The monoisotopic (exact) mass is 408 g/mol. The van der Waals surface area contributed by atoms with Gasteiger partial charge in [0.15, 0.2) is 0 Å². The quantitative estimate of drug-likeness (QED) is 0.476. The third-order valence-electron chi connectivity index (χ3n) is 6.18. The van der Waals surface area contributed by atoms with E-state index < -0.39 is 8.80 Å². The number of hydrogen-bond donors (Lipinski definition) is 0. The summed E-state index contributed by atoms with van der Waals surface area (Å²) in [5.74, 6) is 0. The van der Waals surface area contributed by atoms with Crippen LogP contribution in [0.2, 0.25) is 0 Å². The van der Waals surface area contributed by atoms with Gasteiger partial charge in [0.2, 0.25) is 0 Å². The molecule has 1 heteroatoms. The van der Waals surface area contributed by atoms with Crippen molar-refractivity contribution in [3.8, 4) is 0 Å². The summed E-state index contributed by atoms with van der Waals surface area (Å²) in [7, 11) is -1.55. The molecule has 0 amide bonds. The van der Waals surface area contributed by atoms with Crippen LogP contribution in [-0.4, -0.2) is 8.80 Å². The van der Waals surface area contributed by atoms with Crippen molar-refractivity contribution >= 4 is 19.2 Å². The Kier molecular flexibility index (Phi) is 5.92. The molecule has 0 atom stereocenters. The van der Waals surface area contributed by atoms with Crippen LogP contribution in [0.25, 0.3) is 0 Å². The van der Waals surface area contributed by atoms with Crippen molar-refractivity contribution in [2.75, 3.05) is 0 Å². The summed E-state index contributed by atoms with van der Waals surface area (Å²) in [6, 6.07) is 25.3. The summed E-state index contributed by atoms with van der Waals surface area (Å²) in [5, 5.41) is 4.72. The van der Waals surface area contributed by atoms with Crippen molar-refractivity contribution in [3.63, 3.8) is 0 Å². The number of allylic oxidation sites excluding steroid dienone is 4. The highest BCUT2D eigenvalue weighted by Gasteiger charge is 2.28. The molecule has 152 valence electrons. The Morgan fingerprint density at radius 2 is 1.17 bits per heavy atom. The number of hydrogen-bond acceptors (Lipinski definition) is 0. The molecule has 0 fully saturated rings. The van der Waals surface area contributed by atoms with Gasteiger partial charge in [-0.1, -0.05) is 116 Å². The Labute approximate surface area is 183 Å². The van der Waals surface area contributed by atoms with Gasteiger partial charge in [-0.05, 0) is 58.6 Å². The molecular weight excluding hydrogens is 376 g/mol. The van der Waals surface area contributed by atoms with Gasteiger partial charge in [-0.3, -0.25) is 0 Å². The molecular formula is C29H32Si. The largest absolute Gasteiger partial charge is 0.132 e. The standard InChI is InChI=1S/C29H32Si/c1-20-13-21(2)16-26(15-20)30(27-17-22(3)14-23(4)18-27)29-12-11-24(5)28(29)19-25-9-7-6-8-10-25/h6-10,12-18,30H,11,19H2,1-5H3. The second-order valence-corrected chi connectivity index (χ2v) is 11.9. The summed E-state index contributed by atoms with van der Waals surface area (Å²) in [4.78, 5) is 0. The van der Waals surface area contributed by atoms with E-state index in [1.807, 2.05) is 0 Å². The predicted molar refractivity (Wildman–Crippen MR) is 134 cm³/mol. The van der Waals surface area contributed by atoms with E-state index in [-0.39, 0.29) is 0 Å². The van der Waals surface area contributed by atoms with E-state index in [0.717, 1.165) is 12.8 Å². The van der Waals surface area contributed by atoms with Gasteiger partial charge in [0.05, 0.1) is 0 Å². The summed E-state index contributed by atoms with van der Waals surface area (Å²) >= 11 is 0. The number of rotatable bonds is 5. The average Bonchev–Trinajstić information content (AvgIpc) is 3.02. The lowest BCUT2D eigenvalue weighted by Gasteiger charge is -2.23. The summed E-state index contributed by atoms with van der Waals surface area (Å²) in [6.07, 6.45) is 4.67. The second-order valence-electron chi connectivity index (χ2n) is 9.06. The van der Waals surface area contributed by atoms with E-state index in [2.05, 4.69) is 107 Å². The maximum absolute atomic E-state index is 2.54. The lowest BCUT2D eigenvalue weighted by molar-refractivity contribution is 1.13. The highest BCUT2D eigenvalue weighted by Crippen LogP contribution is 2.31. The molecule has 3 aromatic carbocycles. The molecule has 1 aliphatic rings. The maximum Gasteiger partial charge on any atom is 0.132 e. The topological polar surface area (TPSA) is 0 Å². The fourth-order valence-corrected chi connectivity index (χ4v) is 8.88. The second kappa shape index (κ2) is 8.61. The van der Waals surface area contributed by atoms with Crippen LogP contribution in [0.5, 0.6) is 0 Å². The minimum atomic E-state index is -1.55. The van der Waals surface area contributed by atoms with E-state index in [9.17, 15) is 0 Å². The first-order valence-electron chi connectivity index (χ1n) is 11.0. The Balaban J connectivity index is 1.85. The summed E-state index contributed by atoms with van der Waals surface area (Å²) in [5.41, 5.74) is 10.0. The molecule has 30 heavy (non-hydrogen) atoms. The van der Waals surface area contributed by atoms with Crippen molar-refractivity contribution in [1.82, 2.24) is 0 Å². The molecule has 0 nitrogen and oxygen atoms in total. The van der Waals surface area contributed by atoms with Crippen molar-refractivity contribution in [1.29, 1.82) is 0 Å². The first-order valence-corrected chi connectivity index (χ1v) is 12.7. The van der Waals surface area contributed by atoms with Crippen LogP contribution < -0.4 is 10.4 Å². The van der Waals surface area contributed by atoms with Gasteiger partial charge in [0.1, 0.15) is 8.80 Å². The predicted octanol–water partition coefficient (Wildman–Crippen LogP) is 5.69. The molecule has 0 radical (unpaired) electrons. The van der Waals surface area contributed by atoms with Gasteiger partial charge in [-0.25, -0.2) is 0 Å². The van der Waals surface area contributed by atoms with Crippen LogP contribution >= 0.6 is 0 Å². The molecule has 0 N–H and O–H groups in total. The van der Waals surface area contributed by atoms with Gasteiger partial charge >= 0.3 is 0 Å². The lowest BCUT2D eigenvalue weighted by atomic mass is 10.0. The van der Waals surface area contributed by atoms with Crippen LogP contribution in [0, 0.1) is 27.7 Å². The normalized spacial score (nSPS) is 13.9. The lowest BCUT2D eigenvalue weighted by Crippen LogP contribution is -2.45. The van der Waals surface area contributed by atoms with E-state index in [0.29, 0.717) is 0 Å². The Bertz CT molecular complexity index is 1040. The van der Waals surface area contributed by atoms with Crippen LogP contribution in [0.1, 0.15) is 41.2 Å². The molecule has 0 saturated carbocycles. The van der Waals surface area contributed by atoms with Crippen molar-refractivity contribution in [2.45, 2.75) is 47.5 Å². The minimum absolute atomic E-state index is 1.04. The van der Waals surface area contributed by atoms with E-state index >= 15 is 0 Å². The molecule has 4 rings (SSSR count). The maximum atomic E-state index is 2.54. The summed E-state index contributed by atoms with van der Waals surface area (Å²) in [6.45, 7) is 11.3. The Hall–Kier alpha value is -2.64. The average molecular weight is 409 g/mol. The zero-order valence-corrected chi connectivity index (χ0v) is 20.1. The summed E-state index contributed by atoms with van der Waals surface area (Å²) < 4.78 is 0. The molecule has 0 aromatic heterocycles. The van der Waals surface area contributed by atoms with Crippen molar-refractivity contribution in [3.05, 3.63) is 117 Å². The SMILES string of the molecule is CC1=C(Cc2ccccc2)C([SiH](c2cc(C)cc(C)c2)c2cc(C)cc(C)c2)=CC1. The van der Waals surface area contributed by atoms with Gasteiger partial charge in [0.25, 0.3) is 0 Å². The molecule has 0 bridgehead atoms. The molecule has 1 aliphatic carbocycles. The Morgan fingerprint density at radius 1 is 0.667 bits per heavy atom.